The highest BCUT2D eigenvalue weighted by molar-refractivity contribution is 7.98. The van der Waals surface area contributed by atoms with Crippen LogP contribution in [0.5, 0.6) is 0 Å². The highest BCUT2D eigenvalue weighted by atomic mass is 32.2. The molecule has 1 N–H and O–H groups in total. The summed E-state index contributed by atoms with van der Waals surface area (Å²) in [4.78, 5) is 30.6. The molecule has 0 spiro atoms. The van der Waals surface area contributed by atoms with Gasteiger partial charge in [0.15, 0.2) is 5.16 Å². The molecule has 6 nitrogen and oxygen atoms in total. The Kier molecular flexibility index (Phi) is 5.88. The molecule has 0 aliphatic rings. The monoisotopic (exact) mass is 371 g/mol. The molecule has 0 fully saturated rings. The number of nitrogens with zero attached hydrogens (tertiary/aromatic N) is 2. The number of hydrogen-bond donors (Lipinski definition) is 1. The van der Waals surface area contributed by atoms with E-state index in [1.54, 1.807) is 0 Å². The number of nitrogens with one attached hydrogen (secondary N) is 1. The lowest BCUT2D eigenvalue weighted by Crippen LogP contribution is -2.16. The van der Waals surface area contributed by atoms with Crippen LogP contribution in [0.25, 0.3) is 11.3 Å². The molecule has 0 saturated heterocycles. The van der Waals surface area contributed by atoms with E-state index in [-0.39, 0.29) is 18.1 Å². The Morgan fingerprint density at radius 3 is 2.23 bits per heavy atom. The normalized spacial score (nSPS) is 10.5. The van der Waals surface area contributed by atoms with Gasteiger partial charge >= 0.3 is 5.97 Å². The minimum atomic E-state index is -0.444. The number of aromatic nitrogens is 2. The van der Waals surface area contributed by atoms with Gasteiger partial charge in [0.05, 0.1) is 5.69 Å². The molecule has 0 saturated carbocycles. The van der Waals surface area contributed by atoms with Gasteiger partial charge in [0.1, 0.15) is 18.2 Å². The van der Waals surface area contributed by atoms with Crippen LogP contribution in [0.2, 0.25) is 0 Å². The molecule has 0 aliphatic carbocycles. The van der Waals surface area contributed by atoms with E-state index in [9.17, 15) is 14.9 Å². The van der Waals surface area contributed by atoms with E-state index in [0.717, 1.165) is 33.4 Å². The third-order valence-electron chi connectivity index (χ3n) is 4.64. The number of thioether (sulfide) groups is 1. The fourth-order valence-electron chi connectivity index (χ4n) is 2.97. The van der Waals surface area contributed by atoms with Crippen LogP contribution in [-0.2, 0) is 16.1 Å². The summed E-state index contributed by atoms with van der Waals surface area (Å²) in [6.45, 7) is 9.31. The average molecular weight is 371 g/mol. The molecule has 26 heavy (non-hydrogen) atoms. The van der Waals surface area contributed by atoms with Gasteiger partial charge < -0.3 is 9.72 Å². The molecule has 0 aliphatic heterocycles. The van der Waals surface area contributed by atoms with E-state index in [1.807, 2.05) is 40.0 Å². The molecular weight excluding hydrogens is 350 g/mol. The van der Waals surface area contributed by atoms with Gasteiger partial charge in [-0.05, 0) is 61.8 Å². The van der Waals surface area contributed by atoms with Crippen molar-refractivity contribution in [1.29, 1.82) is 5.26 Å². The van der Waals surface area contributed by atoms with Crippen molar-refractivity contribution in [2.24, 2.45) is 0 Å². The number of nitriles is 1. The van der Waals surface area contributed by atoms with Gasteiger partial charge in [0, 0.05) is 12.5 Å². The molecule has 0 unspecified atom stereocenters. The van der Waals surface area contributed by atoms with Crippen LogP contribution in [0.1, 0.15) is 40.3 Å². The Morgan fingerprint density at radius 1 is 1.19 bits per heavy atom. The van der Waals surface area contributed by atoms with Crippen molar-refractivity contribution >= 4 is 17.7 Å². The second-order valence-corrected chi connectivity index (χ2v) is 6.84. The van der Waals surface area contributed by atoms with Crippen molar-refractivity contribution in [3.8, 4) is 17.3 Å². The highest BCUT2D eigenvalue weighted by Crippen LogP contribution is 2.35. The maximum atomic E-state index is 12.3. The van der Waals surface area contributed by atoms with Crippen LogP contribution < -0.4 is 5.56 Å². The fourth-order valence-corrected chi connectivity index (χ4v) is 3.35. The molecule has 7 heteroatoms. The second kappa shape index (κ2) is 7.75. The molecule has 1 aromatic heterocycles. The number of esters is 1. The van der Waals surface area contributed by atoms with Crippen LogP contribution in [0.15, 0.2) is 9.95 Å². The summed E-state index contributed by atoms with van der Waals surface area (Å²) >= 11 is 1.31. The van der Waals surface area contributed by atoms with E-state index in [4.69, 9.17) is 4.74 Å². The SMILES string of the molecule is CSc1nc(-c2c(C)c(C)c(COC(C)=O)c(C)c2C)c(C#N)c(=O)[nH]1. The molecule has 1 heterocycles. The largest absolute Gasteiger partial charge is 0.461 e. The molecule has 0 atom stereocenters. The summed E-state index contributed by atoms with van der Waals surface area (Å²) in [5.41, 5.74) is 5.41. The van der Waals surface area contributed by atoms with Gasteiger partial charge in [-0.15, -0.1) is 0 Å². The minimum absolute atomic E-state index is 0.000496. The first-order chi connectivity index (χ1) is 12.2. The lowest BCUT2D eigenvalue weighted by molar-refractivity contribution is -0.142. The van der Waals surface area contributed by atoms with Crippen molar-refractivity contribution < 1.29 is 9.53 Å². The summed E-state index contributed by atoms with van der Waals surface area (Å²) in [7, 11) is 0. The first kappa shape index (κ1) is 19.7. The minimum Gasteiger partial charge on any atom is -0.461 e. The summed E-state index contributed by atoms with van der Waals surface area (Å²) in [5.74, 6) is -0.337. The Hall–Kier alpha value is -2.59. The first-order valence-corrected chi connectivity index (χ1v) is 9.26. The molecule has 1 aromatic carbocycles. The van der Waals surface area contributed by atoms with Crippen molar-refractivity contribution in [1.82, 2.24) is 9.97 Å². The van der Waals surface area contributed by atoms with E-state index in [0.29, 0.717) is 10.9 Å². The van der Waals surface area contributed by atoms with Crippen molar-refractivity contribution in [3.05, 3.63) is 43.7 Å². The number of H-pyrrole nitrogens is 1. The van der Waals surface area contributed by atoms with Crippen LogP contribution in [0.3, 0.4) is 0 Å². The van der Waals surface area contributed by atoms with Crippen LogP contribution in [-0.4, -0.2) is 22.2 Å². The van der Waals surface area contributed by atoms with Crippen LogP contribution in [0, 0.1) is 39.0 Å². The van der Waals surface area contributed by atoms with Crippen LogP contribution in [0.4, 0.5) is 0 Å². The Bertz CT molecular complexity index is 958. The Labute approximate surface area is 156 Å². The molecule has 2 rings (SSSR count). The van der Waals surface area contributed by atoms with E-state index < -0.39 is 5.56 Å². The molecule has 0 amide bonds. The number of carbonyl (C=O) groups excluding carboxylic acids is 1. The molecule has 136 valence electrons. The Morgan fingerprint density at radius 2 is 1.77 bits per heavy atom. The van der Waals surface area contributed by atoms with Gasteiger partial charge in [-0.1, -0.05) is 11.8 Å². The van der Waals surface area contributed by atoms with Crippen molar-refractivity contribution in [2.75, 3.05) is 6.26 Å². The van der Waals surface area contributed by atoms with Gasteiger partial charge in [-0.3, -0.25) is 9.59 Å². The fraction of sp³-hybridized carbons (Fsp3) is 0.368. The number of aromatic amines is 1. The third-order valence-corrected chi connectivity index (χ3v) is 5.22. The predicted octanol–water partition coefficient (Wildman–Crippen LogP) is 3.33. The van der Waals surface area contributed by atoms with Gasteiger partial charge in [-0.2, -0.15) is 5.26 Å². The quantitative estimate of drug-likeness (QED) is 0.503. The second-order valence-electron chi connectivity index (χ2n) is 6.04. The zero-order valence-corrected chi connectivity index (χ0v) is 16.6. The maximum Gasteiger partial charge on any atom is 0.302 e. The predicted molar refractivity (Wildman–Crippen MR) is 101 cm³/mol. The van der Waals surface area contributed by atoms with Crippen LogP contribution >= 0.6 is 11.8 Å². The number of hydrogen-bond acceptors (Lipinski definition) is 6. The van der Waals surface area contributed by atoms with Gasteiger partial charge in [0.25, 0.3) is 5.56 Å². The van der Waals surface area contributed by atoms with Gasteiger partial charge in [-0.25, -0.2) is 4.98 Å². The zero-order chi connectivity index (χ0) is 19.6. The van der Waals surface area contributed by atoms with Crippen molar-refractivity contribution in [2.45, 2.75) is 46.4 Å². The lowest BCUT2D eigenvalue weighted by atomic mass is 9.87. The number of carbonyl (C=O) groups is 1. The van der Waals surface area contributed by atoms with E-state index in [1.165, 1.54) is 18.7 Å². The first-order valence-electron chi connectivity index (χ1n) is 8.04. The van der Waals surface area contributed by atoms with E-state index in [2.05, 4.69) is 9.97 Å². The molecule has 0 bridgehead atoms. The molecular formula is C19H21N3O3S. The number of ether oxygens (including phenoxy) is 1. The molecule has 2 aromatic rings. The zero-order valence-electron chi connectivity index (χ0n) is 15.7. The summed E-state index contributed by atoms with van der Waals surface area (Å²) in [6.07, 6.45) is 1.81. The Balaban J connectivity index is 2.81. The topological polar surface area (TPSA) is 95.8 Å². The van der Waals surface area contributed by atoms with Crippen molar-refractivity contribution in [3.63, 3.8) is 0 Å². The summed E-state index contributed by atoms with van der Waals surface area (Å²) in [5, 5.41) is 9.93. The standard InChI is InChI=1S/C19H21N3O3S/c1-9-11(3)16(12(4)10(2)15(9)8-25-13(5)23)17-14(7-20)18(24)22-19(21-17)26-6/h8H2,1-6H3,(H,21,22,24). The lowest BCUT2D eigenvalue weighted by Gasteiger charge is -2.20. The number of benzene rings is 1. The summed E-state index contributed by atoms with van der Waals surface area (Å²) < 4.78 is 5.18. The maximum absolute atomic E-state index is 12.3. The smallest absolute Gasteiger partial charge is 0.302 e. The summed E-state index contributed by atoms with van der Waals surface area (Å²) in [6, 6.07) is 1.98. The van der Waals surface area contributed by atoms with E-state index >= 15 is 0 Å². The highest BCUT2D eigenvalue weighted by Gasteiger charge is 2.22. The average Bonchev–Trinajstić information content (AvgIpc) is 2.59. The van der Waals surface area contributed by atoms with Gasteiger partial charge in [0.2, 0.25) is 0 Å². The third kappa shape index (κ3) is 3.51. The number of rotatable bonds is 4. The molecule has 0 radical (unpaired) electrons.